The summed E-state index contributed by atoms with van der Waals surface area (Å²) in [6, 6.07) is 15.8. The number of halogens is 4. The number of fused-ring (bicyclic) bond motifs is 1. The minimum absolute atomic E-state index is 0.170. The first kappa shape index (κ1) is 29.5. The lowest BCUT2D eigenvalue weighted by molar-refractivity contribution is -0.139. The van der Waals surface area contributed by atoms with E-state index in [0.717, 1.165) is 9.13 Å². The number of benzene rings is 3. The Morgan fingerprint density at radius 1 is 1.17 bits per heavy atom. The molecule has 0 spiro atoms. The van der Waals surface area contributed by atoms with Crippen LogP contribution in [0.25, 0.3) is 6.08 Å². The molecular formula is C30H22Cl2FIN2O4S. The predicted octanol–water partition coefficient (Wildman–Crippen LogP) is 6.43. The van der Waals surface area contributed by atoms with Crippen molar-refractivity contribution in [3.05, 3.63) is 128 Å². The molecule has 1 aromatic heterocycles. The first-order chi connectivity index (χ1) is 19.7. The van der Waals surface area contributed by atoms with Crippen molar-refractivity contribution in [1.82, 2.24) is 4.57 Å². The summed E-state index contributed by atoms with van der Waals surface area (Å²) in [6.45, 7) is 3.79. The number of rotatable bonds is 7. The van der Waals surface area contributed by atoms with Crippen molar-refractivity contribution >= 4 is 69.2 Å². The highest BCUT2D eigenvalue weighted by Gasteiger charge is 2.34. The zero-order valence-corrected chi connectivity index (χ0v) is 26.3. The fourth-order valence-corrected chi connectivity index (χ4v) is 6.99. The SMILES string of the molecule is CCOC(=O)C1=C(C)N=c2s/c(=C\c3cc(Cl)cc(I)c3OCc3ccc(F)cc3)c(=O)n2[C@@H]1c1ccccc1Cl. The minimum atomic E-state index is -0.824. The lowest BCUT2D eigenvalue weighted by atomic mass is 9.96. The Hall–Kier alpha value is -2.99. The Bertz CT molecular complexity index is 1870. The molecule has 6 nitrogen and oxygen atoms in total. The number of nitrogens with zero attached hydrogens (tertiary/aromatic N) is 2. The van der Waals surface area contributed by atoms with Crippen LogP contribution < -0.4 is 19.6 Å². The topological polar surface area (TPSA) is 69.9 Å². The van der Waals surface area contributed by atoms with Gasteiger partial charge in [0.25, 0.3) is 5.56 Å². The maximum Gasteiger partial charge on any atom is 0.338 e. The quantitative estimate of drug-likeness (QED) is 0.163. The van der Waals surface area contributed by atoms with E-state index in [-0.39, 0.29) is 30.2 Å². The van der Waals surface area contributed by atoms with Crippen molar-refractivity contribution < 1.29 is 18.7 Å². The van der Waals surface area contributed by atoms with Crippen molar-refractivity contribution in [3.63, 3.8) is 0 Å². The van der Waals surface area contributed by atoms with E-state index in [1.807, 2.05) is 0 Å². The van der Waals surface area contributed by atoms with Crippen molar-refractivity contribution in [2.75, 3.05) is 6.61 Å². The van der Waals surface area contributed by atoms with Gasteiger partial charge in [-0.3, -0.25) is 9.36 Å². The molecule has 11 heteroatoms. The van der Waals surface area contributed by atoms with Crippen LogP contribution in [0, 0.1) is 9.39 Å². The van der Waals surface area contributed by atoms with E-state index in [4.69, 9.17) is 32.7 Å². The lowest BCUT2D eigenvalue weighted by Crippen LogP contribution is -2.40. The van der Waals surface area contributed by atoms with E-state index >= 15 is 0 Å². The van der Waals surface area contributed by atoms with E-state index in [9.17, 15) is 14.0 Å². The molecule has 3 aromatic carbocycles. The average molecular weight is 723 g/mol. The number of aromatic nitrogens is 1. The van der Waals surface area contributed by atoms with Gasteiger partial charge >= 0.3 is 5.97 Å². The molecule has 0 amide bonds. The second-order valence-electron chi connectivity index (χ2n) is 9.04. The third kappa shape index (κ3) is 6.13. The molecule has 2 heterocycles. The molecule has 5 rings (SSSR count). The van der Waals surface area contributed by atoms with Crippen molar-refractivity contribution in [1.29, 1.82) is 0 Å². The highest BCUT2D eigenvalue weighted by atomic mass is 127. The fraction of sp³-hybridized carbons (Fsp3) is 0.167. The maximum atomic E-state index is 14.0. The number of allylic oxidation sites excluding steroid dienone is 1. The van der Waals surface area contributed by atoms with Gasteiger partial charge < -0.3 is 9.47 Å². The van der Waals surface area contributed by atoms with Gasteiger partial charge in [-0.15, -0.1) is 0 Å². The van der Waals surface area contributed by atoms with Gasteiger partial charge in [0, 0.05) is 15.6 Å². The molecule has 1 aliphatic heterocycles. The highest BCUT2D eigenvalue weighted by molar-refractivity contribution is 14.1. The van der Waals surface area contributed by atoms with Crippen LogP contribution in [0.2, 0.25) is 10.0 Å². The summed E-state index contributed by atoms with van der Waals surface area (Å²) in [7, 11) is 0. The van der Waals surface area contributed by atoms with Crippen LogP contribution >= 0.6 is 57.1 Å². The number of carbonyl (C=O) groups is 1. The summed E-state index contributed by atoms with van der Waals surface area (Å²) in [5, 5.41) is 0.876. The first-order valence-electron chi connectivity index (χ1n) is 12.5. The van der Waals surface area contributed by atoms with Crippen molar-refractivity contribution in [3.8, 4) is 5.75 Å². The maximum absolute atomic E-state index is 14.0. The third-order valence-electron chi connectivity index (χ3n) is 6.34. The van der Waals surface area contributed by atoms with Crippen molar-refractivity contribution in [2.45, 2.75) is 26.5 Å². The van der Waals surface area contributed by atoms with E-state index in [1.54, 1.807) is 68.5 Å². The number of carbonyl (C=O) groups excluding carboxylic acids is 1. The predicted molar refractivity (Wildman–Crippen MR) is 167 cm³/mol. The van der Waals surface area contributed by atoms with Gasteiger partial charge in [0.2, 0.25) is 0 Å². The molecule has 0 bridgehead atoms. The zero-order valence-electron chi connectivity index (χ0n) is 21.8. The number of thiazole rings is 1. The second-order valence-corrected chi connectivity index (χ2v) is 12.1. The number of hydrogen-bond acceptors (Lipinski definition) is 6. The highest BCUT2D eigenvalue weighted by Crippen LogP contribution is 2.35. The Labute approximate surface area is 262 Å². The lowest BCUT2D eigenvalue weighted by Gasteiger charge is -2.25. The number of ether oxygens (including phenoxy) is 2. The van der Waals surface area contributed by atoms with Crippen LogP contribution in [0.3, 0.4) is 0 Å². The largest absolute Gasteiger partial charge is 0.487 e. The first-order valence-corrected chi connectivity index (χ1v) is 15.1. The summed E-state index contributed by atoms with van der Waals surface area (Å²) in [4.78, 5) is 32.1. The van der Waals surface area contributed by atoms with Gasteiger partial charge in [-0.2, -0.15) is 0 Å². The summed E-state index contributed by atoms with van der Waals surface area (Å²) in [5.41, 5.74) is 2.29. The summed E-state index contributed by atoms with van der Waals surface area (Å²) >= 11 is 16.3. The third-order valence-corrected chi connectivity index (χ3v) is 8.68. The molecule has 0 aliphatic carbocycles. The van der Waals surface area contributed by atoms with Gasteiger partial charge in [0.15, 0.2) is 4.80 Å². The van der Waals surface area contributed by atoms with Crippen LogP contribution in [0.15, 0.2) is 81.7 Å². The smallest absolute Gasteiger partial charge is 0.338 e. The molecule has 1 atom stereocenters. The molecule has 210 valence electrons. The molecule has 0 saturated heterocycles. The van der Waals surface area contributed by atoms with E-state index < -0.39 is 12.0 Å². The molecule has 0 radical (unpaired) electrons. The average Bonchev–Trinajstić information content (AvgIpc) is 3.23. The van der Waals surface area contributed by atoms with Crippen LogP contribution in [0.1, 0.15) is 36.6 Å². The van der Waals surface area contributed by atoms with Gasteiger partial charge in [0.1, 0.15) is 24.2 Å². The van der Waals surface area contributed by atoms with Gasteiger partial charge in [-0.1, -0.05) is 64.9 Å². The zero-order chi connectivity index (χ0) is 29.3. The van der Waals surface area contributed by atoms with Gasteiger partial charge in [-0.05, 0) is 84.0 Å². The number of esters is 1. The molecule has 0 saturated carbocycles. The molecule has 1 aliphatic rings. The van der Waals surface area contributed by atoms with E-state index in [2.05, 4.69) is 27.6 Å². The molecule has 41 heavy (non-hydrogen) atoms. The Morgan fingerprint density at radius 2 is 1.90 bits per heavy atom. The molecule has 0 unspecified atom stereocenters. The van der Waals surface area contributed by atoms with Crippen molar-refractivity contribution in [2.24, 2.45) is 4.99 Å². The van der Waals surface area contributed by atoms with E-state index in [1.165, 1.54) is 28.0 Å². The second kappa shape index (κ2) is 12.5. The van der Waals surface area contributed by atoms with Gasteiger partial charge in [-0.25, -0.2) is 14.2 Å². The monoisotopic (exact) mass is 722 g/mol. The normalized spacial score (nSPS) is 15.0. The number of hydrogen-bond donors (Lipinski definition) is 0. The van der Waals surface area contributed by atoms with E-state index in [0.29, 0.717) is 42.0 Å². The van der Waals surface area contributed by atoms with Crippen LogP contribution in [0.4, 0.5) is 4.39 Å². The molecule has 4 aromatic rings. The summed E-state index contributed by atoms with van der Waals surface area (Å²) < 4.78 is 27.4. The Kier molecular flexibility index (Phi) is 8.98. The molecule has 0 N–H and O–H groups in total. The van der Waals surface area contributed by atoms with Crippen LogP contribution in [0.5, 0.6) is 5.75 Å². The standard InChI is InChI=1S/C30H22Cl2FIN2O4S/c1-3-39-29(38)25-16(2)35-30-36(26(25)21-6-4-5-7-22(21)32)28(37)24(41-30)13-18-12-19(31)14-23(34)27(18)40-15-17-8-10-20(33)11-9-17/h4-14,26H,3,15H2,1-2H3/b24-13-/t26-/m1/s1. The Morgan fingerprint density at radius 3 is 2.61 bits per heavy atom. The molecular weight excluding hydrogens is 701 g/mol. The van der Waals surface area contributed by atoms with Gasteiger partial charge in [0.05, 0.1) is 26.0 Å². The summed E-state index contributed by atoms with van der Waals surface area (Å²) in [5.74, 6) is -0.368. The van der Waals surface area contributed by atoms with Crippen LogP contribution in [-0.2, 0) is 16.1 Å². The fourth-order valence-electron chi connectivity index (χ4n) is 4.50. The van der Waals surface area contributed by atoms with Crippen LogP contribution in [-0.4, -0.2) is 17.1 Å². The Balaban J connectivity index is 1.65. The summed E-state index contributed by atoms with van der Waals surface area (Å²) in [6.07, 6.45) is 1.70. The minimum Gasteiger partial charge on any atom is -0.487 e. The molecule has 0 fully saturated rings.